The molecule has 1 heterocycles. The summed E-state index contributed by atoms with van der Waals surface area (Å²) in [4.78, 5) is 4.32. The van der Waals surface area contributed by atoms with Gasteiger partial charge in [-0.25, -0.2) is 4.98 Å². The third-order valence-corrected chi connectivity index (χ3v) is 2.49. The van der Waals surface area contributed by atoms with Crippen LogP contribution in [0, 0.1) is 11.8 Å². The Balaban J connectivity index is 2.41. The van der Waals surface area contributed by atoms with E-state index in [4.69, 9.17) is 4.74 Å². The van der Waals surface area contributed by atoms with Gasteiger partial charge in [0.05, 0.1) is 13.7 Å². The topological polar surface area (TPSA) is 34.2 Å². The molecule has 3 heteroatoms. The molecule has 1 N–H and O–H groups in total. The largest absolute Gasteiger partial charge is 0.497 e. The second kappa shape index (κ2) is 5.22. The lowest BCUT2D eigenvalue weighted by atomic mass is 10.1. The Morgan fingerprint density at radius 1 is 1.35 bits per heavy atom. The maximum atomic E-state index is 5.22. The molecule has 0 saturated heterocycles. The van der Waals surface area contributed by atoms with Gasteiger partial charge in [0.15, 0.2) is 0 Å². The van der Waals surface area contributed by atoms with Crippen molar-refractivity contribution in [3.05, 3.63) is 30.5 Å². The Labute approximate surface area is 101 Å². The lowest BCUT2D eigenvalue weighted by Gasteiger charge is -2.07. The first-order valence-corrected chi connectivity index (χ1v) is 5.41. The van der Waals surface area contributed by atoms with Crippen molar-refractivity contribution in [2.45, 2.75) is 6.92 Å². The Morgan fingerprint density at radius 3 is 3.00 bits per heavy atom. The number of methoxy groups -OCH3 is 1. The molecule has 1 aromatic heterocycles. The molecule has 0 fully saturated rings. The Kier molecular flexibility index (Phi) is 3.46. The lowest BCUT2D eigenvalue weighted by Crippen LogP contribution is -2.01. The normalized spacial score (nSPS) is 9.53. The summed E-state index contributed by atoms with van der Waals surface area (Å²) in [6, 6.07) is 7.92. The van der Waals surface area contributed by atoms with Crippen LogP contribution in [-0.4, -0.2) is 18.6 Å². The Morgan fingerprint density at radius 2 is 2.24 bits per heavy atom. The van der Waals surface area contributed by atoms with Gasteiger partial charge in [-0.3, -0.25) is 0 Å². The van der Waals surface area contributed by atoms with E-state index in [9.17, 15) is 0 Å². The van der Waals surface area contributed by atoms with E-state index in [0.717, 1.165) is 22.3 Å². The fourth-order valence-electron chi connectivity index (χ4n) is 1.63. The summed E-state index contributed by atoms with van der Waals surface area (Å²) in [6.45, 7) is 2.42. The van der Waals surface area contributed by atoms with E-state index in [1.54, 1.807) is 13.3 Å². The molecule has 0 atom stereocenters. The number of nitrogens with zero attached hydrogens (tertiary/aromatic N) is 1. The van der Waals surface area contributed by atoms with Crippen LogP contribution in [0.3, 0.4) is 0 Å². The number of hydrogen-bond acceptors (Lipinski definition) is 3. The first kappa shape index (κ1) is 11.3. The van der Waals surface area contributed by atoms with Gasteiger partial charge in [0.25, 0.3) is 0 Å². The highest BCUT2D eigenvalue weighted by Gasteiger charge is 2.02. The smallest absolute Gasteiger partial charge is 0.134 e. The predicted octanol–water partition coefficient (Wildman–Crippen LogP) is 2.68. The van der Waals surface area contributed by atoms with Crippen LogP contribution in [0.4, 0.5) is 5.82 Å². The summed E-state index contributed by atoms with van der Waals surface area (Å²) < 4.78 is 5.22. The summed E-state index contributed by atoms with van der Waals surface area (Å²) in [5.74, 6) is 7.47. The van der Waals surface area contributed by atoms with E-state index in [1.165, 1.54) is 0 Å². The molecule has 0 aliphatic heterocycles. The lowest BCUT2D eigenvalue weighted by molar-refractivity contribution is 0.415. The maximum absolute atomic E-state index is 5.22. The summed E-state index contributed by atoms with van der Waals surface area (Å²) in [5.41, 5.74) is 0. The number of pyridine rings is 1. The highest BCUT2D eigenvalue weighted by atomic mass is 16.5. The quantitative estimate of drug-likeness (QED) is 0.817. The maximum Gasteiger partial charge on any atom is 0.134 e. The number of hydrogen-bond donors (Lipinski definition) is 1. The summed E-state index contributed by atoms with van der Waals surface area (Å²) >= 11 is 0. The SMILES string of the molecule is CC#CCNc1nccc2ccc(OC)cc12. The molecule has 0 bridgehead atoms. The van der Waals surface area contributed by atoms with Crippen LogP contribution >= 0.6 is 0 Å². The van der Waals surface area contributed by atoms with Gasteiger partial charge in [-0.2, -0.15) is 0 Å². The minimum atomic E-state index is 0.597. The monoisotopic (exact) mass is 226 g/mol. The summed E-state index contributed by atoms with van der Waals surface area (Å²) in [6.07, 6.45) is 1.79. The zero-order valence-corrected chi connectivity index (χ0v) is 9.95. The number of anilines is 1. The van der Waals surface area contributed by atoms with Crippen LogP contribution < -0.4 is 10.1 Å². The fourth-order valence-corrected chi connectivity index (χ4v) is 1.63. The molecule has 0 spiro atoms. The van der Waals surface area contributed by atoms with Crippen LogP contribution in [0.1, 0.15) is 6.92 Å². The van der Waals surface area contributed by atoms with E-state index < -0.39 is 0 Å². The Hall–Kier alpha value is -2.21. The highest BCUT2D eigenvalue weighted by molar-refractivity contribution is 5.92. The molecule has 1 aromatic carbocycles. The van der Waals surface area contributed by atoms with Crippen LogP contribution in [0.15, 0.2) is 30.5 Å². The van der Waals surface area contributed by atoms with Gasteiger partial charge in [0, 0.05) is 11.6 Å². The molecule has 3 nitrogen and oxygen atoms in total. The van der Waals surface area contributed by atoms with E-state index >= 15 is 0 Å². The number of fused-ring (bicyclic) bond motifs is 1. The number of benzene rings is 1. The second-order valence-corrected chi connectivity index (χ2v) is 3.53. The molecule has 0 aliphatic rings. The van der Waals surface area contributed by atoms with Crippen molar-refractivity contribution in [1.82, 2.24) is 4.98 Å². The van der Waals surface area contributed by atoms with Crippen molar-refractivity contribution in [2.75, 3.05) is 19.0 Å². The van der Waals surface area contributed by atoms with E-state index in [2.05, 4.69) is 22.1 Å². The molecule has 2 aromatic rings. The molecular formula is C14H14N2O. The third kappa shape index (κ3) is 2.48. The number of aromatic nitrogens is 1. The van der Waals surface area contributed by atoms with Crippen molar-refractivity contribution >= 4 is 16.6 Å². The van der Waals surface area contributed by atoms with E-state index in [-0.39, 0.29) is 0 Å². The average Bonchev–Trinajstić information content (AvgIpc) is 2.39. The van der Waals surface area contributed by atoms with Gasteiger partial charge >= 0.3 is 0 Å². The van der Waals surface area contributed by atoms with Crippen molar-refractivity contribution in [1.29, 1.82) is 0 Å². The van der Waals surface area contributed by atoms with E-state index in [1.807, 2.05) is 31.2 Å². The molecule has 17 heavy (non-hydrogen) atoms. The number of ether oxygens (including phenoxy) is 1. The molecule has 0 radical (unpaired) electrons. The van der Waals surface area contributed by atoms with Crippen molar-refractivity contribution < 1.29 is 4.74 Å². The van der Waals surface area contributed by atoms with Gasteiger partial charge < -0.3 is 10.1 Å². The molecule has 0 unspecified atom stereocenters. The molecule has 0 saturated carbocycles. The Bertz CT molecular complexity index is 582. The van der Waals surface area contributed by atoms with Gasteiger partial charge in [-0.05, 0) is 30.5 Å². The van der Waals surface area contributed by atoms with Crippen molar-refractivity contribution in [3.63, 3.8) is 0 Å². The van der Waals surface area contributed by atoms with Gasteiger partial charge in [-0.1, -0.05) is 12.0 Å². The van der Waals surface area contributed by atoms with Crippen LogP contribution in [0.5, 0.6) is 5.75 Å². The average molecular weight is 226 g/mol. The summed E-state index contributed by atoms with van der Waals surface area (Å²) in [7, 11) is 1.66. The minimum Gasteiger partial charge on any atom is -0.497 e. The number of rotatable bonds is 3. The van der Waals surface area contributed by atoms with Gasteiger partial charge in [-0.15, -0.1) is 5.92 Å². The van der Waals surface area contributed by atoms with Crippen LogP contribution in [0.2, 0.25) is 0 Å². The zero-order chi connectivity index (χ0) is 12.1. The first-order valence-electron chi connectivity index (χ1n) is 5.41. The van der Waals surface area contributed by atoms with Crippen molar-refractivity contribution in [2.24, 2.45) is 0 Å². The van der Waals surface area contributed by atoms with Crippen LogP contribution in [0.25, 0.3) is 10.8 Å². The van der Waals surface area contributed by atoms with Gasteiger partial charge in [0.1, 0.15) is 11.6 Å². The van der Waals surface area contributed by atoms with Gasteiger partial charge in [0.2, 0.25) is 0 Å². The molecule has 86 valence electrons. The molecular weight excluding hydrogens is 212 g/mol. The van der Waals surface area contributed by atoms with Crippen molar-refractivity contribution in [3.8, 4) is 17.6 Å². The zero-order valence-electron chi connectivity index (χ0n) is 9.95. The molecule has 0 aliphatic carbocycles. The summed E-state index contributed by atoms with van der Waals surface area (Å²) in [5, 5.41) is 5.38. The third-order valence-electron chi connectivity index (χ3n) is 2.49. The molecule has 0 amide bonds. The standard InChI is InChI=1S/C14H14N2O/c1-3-4-8-15-14-13-10-12(17-2)6-5-11(13)7-9-16-14/h5-7,9-10H,8H2,1-2H3,(H,15,16). The second-order valence-electron chi connectivity index (χ2n) is 3.53. The number of nitrogens with one attached hydrogen (secondary N) is 1. The first-order chi connectivity index (χ1) is 8.35. The van der Waals surface area contributed by atoms with E-state index in [0.29, 0.717) is 6.54 Å². The minimum absolute atomic E-state index is 0.597. The molecule has 2 rings (SSSR count). The fraction of sp³-hybridized carbons (Fsp3) is 0.214. The predicted molar refractivity (Wildman–Crippen MR) is 70.2 cm³/mol. The highest BCUT2D eigenvalue weighted by Crippen LogP contribution is 2.25. The van der Waals surface area contributed by atoms with Crippen LogP contribution in [-0.2, 0) is 0 Å².